The molecule has 3 nitrogen and oxygen atoms in total. The van der Waals surface area contributed by atoms with E-state index in [1.165, 1.54) is 90.6 Å². The van der Waals surface area contributed by atoms with Crippen LogP contribution in [0.25, 0.3) is 0 Å². The van der Waals surface area contributed by atoms with Crippen LogP contribution in [-0.4, -0.2) is 73.1 Å². The molecule has 150 valence electrons. The van der Waals surface area contributed by atoms with Gasteiger partial charge in [0.2, 0.25) is 0 Å². The summed E-state index contributed by atoms with van der Waals surface area (Å²) in [4.78, 5) is 8.23. The first-order valence-electron chi connectivity index (χ1n) is 11.5. The zero-order chi connectivity index (χ0) is 18.4. The number of hydrogen-bond donors (Lipinski definition) is 0. The van der Waals surface area contributed by atoms with Crippen molar-refractivity contribution in [1.29, 1.82) is 0 Å². The van der Waals surface area contributed by atoms with Crippen molar-refractivity contribution in [3.05, 3.63) is 0 Å². The minimum Gasteiger partial charge on any atom is -0.305 e. The molecule has 4 aliphatic rings. The standard InChI is InChI=1S/C23H43N3/c1-22(2,3)19-16-23(17-19)9-14-26(15-10-23)20-7-12-25(13-8-20)21-6-5-11-24(4)18-21/h19-21H,5-18H2,1-4H3. The molecule has 3 heterocycles. The third-order valence-corrected chi connectivity index (χ3v) is 8.57. The largest absolute Gasteiger partial charge is 0.305 e. The predicted molar refractivity (Wildman–Crippen MR) is 111 cm³/mol. The summed E-state index contributed by atoms with van der Waals surface area (Å²) >= 11 is 0. The highest BCUT2D eigenvalue weighted by atomic mass is 15.2. The lowest BCUT2D eigenvalue weighted by molar-refractivity contribution is -0.0680. The van der Waals surface area contributed by atoms with E-state index in [0.717, 1.165) is 23.4 Å². The van der Waals surface area contributed by atoms with Crippen molar-refractivity contribution < 1.29 is 0 Å². The van der Waals surface area contributed by atoms with Crippen LogP contribution >= 0.6 is 0 Å². The first-order valence-corrected chi connectivity index (χ1v) is 11.5. The summed E-state index contributed by atoms with van der Waals surface area (Å²) in [6.45, 7) is 15.4. The third kappa shape index (κ3) is 4.00. The normalized spacial score (nSPS) is 33.5. The van der Waals surface area contributed by atoms with Gasteiger partial charge < -0.3 is 9.80 Å². The van der Waals surface area contributed by atoms with Gasteiger partial charge in [0.1, 0.15) is 0 Å². The van der Waals surface area contributed by atoms with Gasteiger partial charge in [0.05, 0.1) is 0 Å². The van der Waals surface area contributed by atoms with E-state index in [1.807, 2.05) is 0 Å². The van der Waals surface area contributed by atoms with Crippen LogP contribution in [0.5, 0.6) is 0 Å². The monoisotopic (exact) mass is 361 g/mol. The van der Waals surface area contributed by atoms with Gasteiger partial charge >= 0.3 is 0 Å². The molecule has 0 aromatic rings. The molecular weight excluding hydrogens is 318 g/mol. The molecule has 0 aromatic carbocycles. The predicted octanol–water partition coefficient (Wildman–Crippen LogP) is 4.08. The number of likely N-dealkylation sites (tertiary alicyclic amines) is 3. The molecule has 0 radical (unpaired) electrons. The van der Waals surface area contributed by atoms with Crippen LogP contribution in [0.2, 0.25) is 0 Å². The average Bonchev–Trinajstić information content (AvgIpc) is 2.59. The second-order valence-electron chi connectivity index (χ2n) is 11.3. The summed E-state index contributed by atoms with van der Waals surface area (Å²) in [7, 11) is 2.30. The fraction of sp³-hybridized carbons (Fsp3) is 1.00. The van der Waals surface area contributed by atoms with E-state index in [1.54, 1.807) is 0 Å². The smallest absolute Gasteiger partial charge is 0.0223 e. The van der Waals surface area contributed by atoms with Crippen molar-refractivity contribution in [2.45, 2.75) is 84.2 Å². The number of nitrogens with zero attached hydrogens (tertiary/aromatic N) is 3. The van der Waals surface area contributed by atoms with Crippen LogP contribution in [0, 0.1) is 16.7 Å². The second kappa shape index (κ2) is 7.37. The average molecular weight is 362 g/mol. The van der Waals surface area contributed by atoms with Crippen LogP contribution in [0.15, 0.2) is 0 Å². The first-order chi connectivity index (χ1) is 12.3. The van der Waals surface area contributed by atoms with E-state index in [0.29, 0.717) is 5.41 Å². The molecule has 1 atom stereocenters. The lowest BCUT2D eigenvalue weighted by atomic mass is 9.51. The Morgan fingerprint density at radius 1 is 0.769 bits per heavy atom. The van der Waals surface area contributed by atoms with E-state index in [4.69, 9.17) is 0 Å². The second-order valence-corrected chi connectivity index (χ2v) is 11.3. The zero-order valence-corrected chi connectivity index (χ0v) is 18.0. The molecule has 1 unspecified atom stereocenters. The Morgan fingerprint density at radius 3 is 1.96 bits per heavy atom. The van der Waals surface area contributed by atoms with Gasteiger partial charge in [0.15, 0.2) is 0 Å². The highest BCUT2D eigenvalue weighted by Gasteiger charge is 2.49. The van der Waals surface area contributed by atoms with Crippen LogP contribution in [0.4, 0.5) is 0 Å². The summed E-state index contributed by atoms with van der Waals surface area (Å²) in [5.41, 5.74) is 1.27. The molecule has 4 rings (SSSR count). The van der Waals surface area contributed by atoms with Crippen LogP contribution in [0.1, 0.15) is 72.1 Å². The summed E-state index contributed by atoms with van der Waals surface area (Å²) in [6, 6.07) is 1.71. The van der Waals surface area contributed by atoms with Gasteiger partial charge in [-0.3, -0.25) is 4.90 Å². The highest BCUT2D eigenvalue weighted by molar-refractivity contribution is 5.01. The van der Waals surface area contributed by atoms with Crippen LogP contribution in [-0.2, 0) is 0 Å². The van der Waals surface area contributed by atoms with Crippen molar-refractivity contribution in [2.75, 3.05) is 46.3 Å². The van der Waals surface area contributed by atoms with Crippen molar-refractivity contribution >= 4 is 0 Å². The van der Waals surface area contributed by atoms with Crippen molar-refractivity contribution in [3.63, 3.8) is 0 Å². The van der Waals surface area contributed by atoms with E-state index in [-0.39, 0.29) is 0 Å². The van der Waals surface area contributed by atoms with Crippen molar-refractivity contribution in [2.24, 2.45) is 16.7 Å². The molecule has 4 fully saturated rings. The number of hydrogen-bond acceptors (Lipinski definition) is 3. The quantitative estimate of drug-likeness (QED) is 0.734. The van der Waals surface area contributed by atoms with Crippen molar-refractivity contribution in [1.82, 2.24) is 14.7 Å². The molecule has 0 N–H and O–H groups in total. The Bertz CT molecular complexity index is 458. The lowest BCUT2D eigenvalue weighted by Crippen LogP contribution is -2.55. The Morgan fingerprint density at radius 2 is 1.38 bits per heavy atom. The van der Waals surface area contributed by atoms with Gasteiger partial charge in [0, 0.05) is 18.6 Å². The van der Waals surface area contributed by atoms with Gasteiger partial charge in [-0.25, -0.2) is 0 Å². The maximum Gasteiger partial charge on any atom is 0.0223 e. The summed E-state index contributed by atoms with van der Waals surface area (Å²) in [5, 5.41) is 0. The molecule has 3 saturated heterocycles. The first kappa shape index (κ1) is 19.2. The van der Waals surface area contributed by atoms with Gasteiger partial charge in [-0.05, 0) is 108 Å². The minimum atomic E-state index is 0.530. The lowest BCUT2D eigenvalue weighted by Gasteiger charge is -2.57. The Labute approximate surface area is 162 Å². The van der Waals surface area contributed by atoms with Crippen LogP contribution in [0.3, 0.4) is 0 Å². The highest BCUT2D eigenvalue weighted by Crippen LogP contribution is 2.58. The summed E-state index contributed by atoms with van der Waals surface area (Å²) < 4.78 is 0. The molecule has 3 heteroatoms. The maximum absolute atomic E-state index is 2.88. The minimum absolute atomic E-state index is 0.530. The molecule has 1 saturated carbocycles. The van der Waals surface area contributed by atoms with E-state index < -0.39 is 0 Å². The van der Waals surface area contributed by atoms with Crippen molar-refractivity contribution in [3.8, 4) is 0 Å². The molecular formula is C23H43N3. The molecule has 3 aliphatic heterocycles. The molecule has 26 heavy (non-hydrogen) atoms. The van der Waals surface area contributed by atoms with Gasteiger partial charge in [-0.15, -0.1) is 0 Å². The molecule has 1 spiro atoms. The van der Waals surface area contributed by atoms with E-state index in [9.17, 15) is 0 Å². The zero-order valence-electron chi connectivity index (χ0n) is 18.0. The third-order valence-electron chi connectivity index (χ3n) is 8.57. The number of piperidine rings is 3. The number of likely N-dealkylation sites (N-methyl/N-ethyl adjacent to an activating group) is 1. The van der Waals surface area contributed by atoms with Gasteiger partial charge in [0.25, 0.3) is 0 Å². The van der Waals surface area contributed by atoms with E-state index >= 15 is 0 Å². The van der Waals surface area contributed by atoms with E-state index in [2.05, 4.69) is 42.5 Å². The van der Waals surface area contributed by atoms with Gasteiger partial charge in [-0.2, -0.15) is 0 Å². The summed E-state index contributed by atoms with van der Waals surface area (Å²) in [5.74, 6) is 0.978. The SMILES string of the molecule is CN1CCCC(N2CCC(N3CCC4(CC3)CC(C(C)(C)C)C4)CC2)C1. The molecule has 1 aliphatic carbocycles. The van der Waals surface area contributed by atoms with Gasteiger partial charge in [-0.1, -0.05) is 20.8 Å². The molecule has 0 amide bonds. The fourth-order valence-corrected chi connectivity index (χ4v) is 6.42. The number of rotatable bonds is 2. The molecule has 0 aromatic heterocycles. The Kier molecular flexibility index (Phi) is 5.44. The van der Waals surface area contributed by atoms with Crippen LogP contribution < -0.4 is 0 Å². The maximum atomic E-state index is 2.88. The Balaban J connectivity index is 1.21. The summed E-state index contributed by atoms with van der Waals surface area (Å²) in [6.07, 6.45) is 11.6. The topological polar surface area (TPSA) is 9.72 Å². The fourth-order valence-electron chi connectivity index (χ4n) is 6.42. The Hall–Kier alpha value is -0.120. The molecule has 0 bridgehead atoms.